The fraction of sp³-hybridized carbons (Fsp3) is 0.200. The van der Waals surface area contributed by atoms with Crippen LogP contribution >= 0.6 is 0 Å². The van der Waals surface area contributed by atoms with Gasteiger partial charge >= 0.3 is 5.97 Å². The van der Waals surface area contributed by atoms with E-state index in [1.807, 2.05) is 0 Å². The standard InChI is InChI=1S/C25H21FN6O4/c1-13-16-8-9-19(18(16)7-6-17(13)24(35)36)30-23(34)21-10-20(31-25-28-12-29-32(21)25)22(33)27-11-14-2-4-15(26)5-3-14/h2-7,10,12,19H,8-9,11H2,1H3,(H,27,33)(H,30,34)(H,35,36)/t19-/m0/s1. The maximum absolute atomic E-state index is 13.3. The van der Waals surface area contributed by atoms with Crippen LogP contribution in [-0.4, -0.2) is 42.5 Å². The number of benzene rings is 2. The summed E-state index contributed by atoms with van der Waals surface area (Å²) in [7, 11) is 0. The molecule has 0 unspecified atom stereocenters. The molecule has 2 aromatic carbocycles. The Morgan fingerprint density at radius 3 is 2.67 bits per heavy atom. The van der Waals surface area contributed by atoms with E-state index in [-0.39, 0.29) is 41.1 Å². The maximum Gasteiger partial charge on any atom is 0.335 e. The van der Waals surface area contributed by atoms with E-state index in [1.165, 1.54) is 29.0 Å². The van der Waals surface area contributed by atoms with E-state index in [0.29, 0.717) is 24.0 Å². The van der Waals surface area contributed by atoms with Gasteiger partial charge < -0.3 is 15.7 Å². The average molecular weight is 488 g/mol. The van der Waals surface area contributed by atoms with Gasteiger partial charge in [0, 0.05) is 12.6 Å². The Morgan fingerprint density at radius 1 is 1.14 bits per heavy atom. The van der Waals surface area contributed by atoms with Crippen LogP contribution in [0.5, 0.6) is 0 Å². The van der Waals surface area contributed by atoms with Gasteiger partial charge in [0.15, 0.2) is 0 Å². The Labute approximate surface area is 204 Å². The van der Waals surface area contributed by atoms with E-state index in [1.54, 1.807) is 31.2 Å². The van der Waals surface area contributed by atoms with E-state index in [9.17, 15) is 23.9 Å². The minimum atomic E-state index is -0.988. The summed E-state index contributed by atoms with van der Waals surface area (Å²) in [5.41, 5.74) is 3.49. The topological polar surface area (TPSA) is 139 Å². The van der Waals surface area contributed by atoms with Gasteiger partial charge in [-0.15, -0.1) is 0 Å². The molecule has 182 valence electrons. The highest BCUT2D eigenvalue weighted by molar-refractivity contribution is 5.98. The van der Waals surface area contributed by atoms with Crippen LogP contribution in [0.3, 0.4) is 0 Å². The van der Waals surface area contributed by atoms with Crippen LogP contribution in [0.25, 0.3) is 5.78 Å². The smallest absolute Gasteiger partial charge is 0.335 e. The fourth-order valence-electron chi connectivity index (χ4n) is 4.46. The van der Waals surface area contributed by atoms with Gasteiger partial charge in [-0.25, -0.2) is 14.2 Å². The highest BCUT2D eigenvalue weighted by atomic mass is 19.1. The molecule has 0 saturated carbocycles. The summed E-state index contributed by atoms with van der Waals surface area (Å²) in [6, 6.07) is 10.0. The Bertz CT molecular complexity index is 1520. The number of carboxylic acid groups (broad SMARTS) is 1. The quantitative estimate of drug-likeness (QED) is 0.379. The van der Waals surface area contributed by atoms with Crippen LogP contribution in [0.15, 0.2) is 48.8 Å². The lowest BCUT2D eigenvalue weighted by atomic mass is 9.98. The fourth-order valence-corrected chi connectivity index (χ4v) is 4.46. The van der Waals surface area contributed by atoms with E-state index < -0.39 is 17.8 Å². The van der Waals surface area contributed by atoms with Crippen LogP contribution in [0.2, 0.25) is 0 Å². The number of nitrogens with zero attached hydrogens (tertiary/aromatic N) is 4. The van der Waals surface area contributed by atoms with Gasteiger partial charge in [0.2, 0.25) is 0 Å². The Morgan fingerprint density at radius 2 is 1.92 bits per heavy atom. The molecule has 0 saturated heterocycles. The molecule has 0 spiro atoms. The lowest BCUT2D eigenvalue weighted by Gasteiger charge is -2.16. The Kier molecular flexibility index (Phi) is 5.88. The van der Waals surface area contributed by atoms with Crippen molar-refractivity contribution < 1.29 is 23.9 Å². The second-order valence-electron chi connectivity index (χ2n) is 8.48. The van der Waals surface area contributed by atoms with E-state index in [4.69, 9.17) is 0 Å². The highest BCUT2D eigenvalue weighted by Gasteiger charge is 2.29. The second kappa shape index (κ2) is 9.17. The SMILES string of the molecule is Cc1c(C(=O)O)ccc2c1CC[C@@H]2NC(=O)c1cc(C(=O)NCc2ccc(F)cc2)nc2ncnn12. The zero-order valence-electron chi connectivity index (χ0n) is 19.2. The van der Waals surface area contributed by atoms with Crippen molar-refractivity contribution in [2.24, 2.45) is 0 Å². The van der Waals surface area contributed by atoms with Crippen molar-refractivity contribution in [2.75, 3.05) is 0 Å². The summed E-state index contributed by atoms with van der Waals surface area (Å²) in [6.45, 7) is 1.92. The van der Waals surface area contributed by atoms with Crippen molar-refractivity contribution in [3.05, 3.63) is 93.8 Å². The molecule has 0 aliphatic heterocycles. The van der Waals surface area contributed by atoms with E-state index >= 15 is 0 Å². The Hall–Kier alpha value is -4.67. The van der Waals surface area contributed by atoms with Crippen LogP contribution in [-0.2, 0) is 13.0 Å². The first-order chi connectivity index (χ1) is 17.3. The molecule has 2 heterocycles. The van der Waals surface area contributed by atoms with Gasteiger partial charge in [0.25, 0.3) is 17.6 Å². The summed E-state index contributed by atoms with van der Waals surface area (Å²) in [5, 5.41) is 19.1. The number of fused-ring (bicyclic) bond motifs is 2. The molecule has 1 aliphatic rings. The molecule has 11 heteroatoms. The van der Waals surface area contributed by atoms with Crippen molar-refractivity contribution >= 4 is 23.6 Å². The number of amides is 2. The number of carboxylic acids is 1. The van der Waals surface area contributed by atoms with E-state index in [2.05, 4.69) is 25.7 Å². The second-order valence-corrected chi connectivity index (χ2v) is 8.48. The average Bonchev–Trinajstić information content (AvgIpc) is 3.50. The van der Waals surface area contributed by atoms with Gasteiger partial charge in [-0.05, 0) is 60.2 Å². The summed E-state index contributed by atoms with van der Waals surface area (Å²) >= 11 is 0. The van der Waals surface area contributed by atoms with Gasteiger partial charge in [0.05, 0.1) is 11.6 Å². The third kappa shape index (κ3) is 4.26. The first-order valence-corrected chi connectivity index (χ1v) is 11.2. The van der Waals surface area contributed by atoms with E-state index in [0.717, 1.165) is 11.1 Å². The van der Waals surface area contributed by atoms with Gasteiger partial charge in [0.1, 0.15) is 23.5 Å². The number of hydrogen-bond acceptors (Lipinski definition) is 6. The number of halogens is 1. The molecule has 4 aromatic rings. The van der Waals surface area contributed by atoms with Crippen LogP contribution < -0.4 is 10.6 Å². The van der Waals surface area contributed by atoms with Gasteiger partial charge in [-0.3, -0.25) is 9.59 Å². The monoisotopic (exact) mass is 488 g/mol. The number of rotatable bonds is 6. The number of aromatic nitrogens is 4. The molecule has 0 bridgehead atoms. The molecular weight excluding hydrogens is 467 g/mol. The maximum atomic E-state index is 13.3. The largest absolute Gasteiger partial charge is 0.478 e. The summed E-state index contributed by atoms with van der Waals surface area (Å²) < 4.78 is 14.4. The van der Waals surface area contributed by atoms with Crippen molar-refractivity contribution in [1.82, 2.24) is 30.2 Å². The van der Waals surface area contributed by atoms with Crippen LogP contribution in [0.1, 0.15) is 66.1 Å². The van der Waals surface area contributed by atoms with Crippen molar-refractivity contribution in [3.8, 4) is 0 Å². The molecule has 10 nitrogen and oxygen atoms in total. The zero-order chi connectivity index (χ0) is 25.4. The van der Waals surface area contributed by atoms with Crippen molar-refractivity contribution in [3.63, 3.8) is 0 Å². The molecule has 3 N–H and O–H groups in total. The highest BCUT2D eigenvalue weighted by Crippen LogP contribution is 2.34. The number of carbonyl (C=O) groups is 3. The van der Waals surface area contributed by atoms with Gasteiger partial charge in [-0.1, -0.05) is 18.2 Å². The molecule has 2 amide bonds. The molecule has 2 aromatic heterocycles. The molecule has 5 rings (SSSR count). The summed E-state index contributed by atoms with van der Waals surface area (Å²) in [5.74, 6) is -2.27. The number of carbonyl (C=O) groups excluding carboxylic acids is 2. The third-order valence-corrected chi connectivity index (χ3v) is 6.31. The van der Waals surface area contributed by atoms with Crippen LogP contribution in [0, 0.1) is 12.7 Å². The van der Waals surface area contributed by atoms with Crippen molar-refractivity contribution in [2.45, 2.75) is 32.4 Å². The summed E-state index contributed by atoms with van der Waals surface area (Å²) in [6.07, 6.45) is 2.49. The molecule has 0 radical (unpaired) electrons. The predicted molar refractivity (Wildman–Crippen MR) is 125 cm³/mol. The molecular formula is C25H21FN6O4. The number of aromatic carboxylic acids is 1. The van der Waals surface area contributed by atoms with Crippen molar-refractivity contribution in [1.29, 1.82) is 0 Å². The Balaban J connectivity index is 1.38. The number of hydrogen-bond donors (Lipinski definition) is 3. The van der Waals surface area contributed by atoms with Crippen LogP contribution in [0.4, 0.5) is 4.39 Å². The normalized spacial score (nSPS) is 14.4. The predicted octanol–water partition coefficient (Wildman–Crippen LogP) is 2.62. The lowest BCUT2D eigenvalue weighted by Crippen LogP contribution is -2.30. The minimum Gasteiger partial charge on any atom is -0.478 e. The first-order valence-electron chi connectivity index (χ1n) is 11.2. The minimum absolute atomic E-state index is 0.0171. The molecule has 1 atom stereocenters. The zero-order valence-corrected chi connectivity index (χ0v) is 19.2. The summed E-state index contributed by atoms with van der Waals surface area (Å²) in [4.78, 5) is 45.7. The van der Waals surface area contributed by atoms with Gasteiger partial charge in [-0.2, -0.15) is 14.6 Å². The first kappa shape index (κ1) is 23.1. The number of nitrogens with one attached hydrogen (secondary N) is 2. The molecule has 36 heavy (non-hydrogen) atoms. The third-order valence-electron chi connectivity index (χ3n) is 6.31. The lowest BCUT2D eigenvalue weighted by molar-refractivity contribution is 0.0695. The molecule has 1 aliphatic carbocycles. The molecule has 0 fully saturated rings.